The standard InChI is InChI=1S/2C20H30Si.C6H9.2C4H8N.4CH3.2Ti/c2*1-21(2)20-13-17(14-7-4-3-5-8-14)18-11-15-9-6-10-16(15)12-19(18)20;1-3-5-6-4-2;2*1-3-4(2)5;;;;;;/h2*3-5,7-8,15-21H,6,9-13H2,1-2H3;3-6H,1H2,2H3;2*3H2,1-2H3;4*1H3;;/q;;7*-1;+3;+4/b;;6-4+;;;;;;;;. The van der Waals surface area contributed by atoms with E-state index in [1.165, 1.54) is 25.7 Å². The smallest absolute Gasteiger partial charge is 0.811 e. The number of allylic oxidation sites excluding steroid dienone is 3. The molecular weight excluding hydrogens is 877 g/mol. The van der Waals surface area contributed by atoms with Gasteiger partial charge in [-0.3, -0.25) is 0 Å². The van der Waals surface area contributed by atoms with Crippen LogP contribution in [0.25, 0.3) is 10.8 Å². The minimum atomic E-state index is -0.517. The van der Waals surface area contributed by atoms with Crippen molar-refractivity contribution >= 4 is 29.0 Å². The third kappa shape index (κ3) is 19.5. The van der Waals surface area contributed by atoms with E-state index in [0.717, 1.165) is 83.1 Å². The number of benzene rings is 2. The molecule has 6 heteroatoms. The second kappa shape index (κ2) is 35.2. The molecule has 0 heterocycles. The molecule has 0 saturated heterocycles. The third-order valence-electron chi connectivity index (χ3n) is 15.8. The summed E-state index contributed by atoms with van der Waals surface area (Å²) in [5, 5.41) is 16.6. The minimum absolute atomic E-state index is 0. The zero-order chi connectivity index (χ0) is 42.2. The van der Waals surface area contributed by atoms with Crippen molar-refractivity contribution < 1.29 is 43.4 Å². The van der Waals surface area contributed by atoms with Crippen LogP contribution in [0.1, 0.15) is 147 Å². The first kappa shape index (κ1) is 67.3. The van der Waals surface area contributed by atoms with Crippen molar-refractivity contribution in [2.24, 2.45) is 47.3 Å². The van der Waals surface area contributed by atoms with Crippen molar-refractivity contribution in [2.45, 2.75) is 174 Å². The first-order valence-electron chi connectivity index (χ1n) is 24.1. The van der Waals surface area contributed by atoms with E-state index in [2.05, 4.69) is 93.4 Å². The molecule has 2 aromatic rings. The van der Waals surface area contributed by atoms with Gasteiger partial charge in [0.25, 0.3) is 0 Å². The van der Waals surface area contributed by atoms with Gasteiger partial charge in [0.2, 0.25) is 0 Å². The molecule has 0 aromatic heterocycles. The van der Waals surface area contributed by atoms with Crippen LogP contribution in [0, 0.1) is 83.5 Å². The quantitative estimate of drug-likeness (QED) is 0.144. The number of rotatable bonds is 8. The number of nitrogens with zero attached hydrogens (tertiary/aromatic N) is 2. The van der Waals surface area contributed by atoms with E-state index in [9.17, 15) is 0 Å². The molecule has 64 heavy (non-hydrogen) atoms. The molecule has 1 radical (unpaired) electrons. The molecule has 8 rings (SSSR count). The Morgan fingerprint density at radius 1 is 0.594 bits per heavy atom. The summed E-state index contributed by atoms with van der Waals surface area (Å²) in [5.41, 5.74) is 6.54. The van der Waals surface area contributed by atoms with E-state index in [-0.39, 0.29) is 73.1 Å². The Morgan fingerprint density at radius 3 is 1.12 bits per heavy atom. The van der Waals surface area contributed by atoms with E-state index < -0.39 is 17.6 Å². The van der Waals surface area contributed by atoms with Crippen LogP contribution in [-0.2, 0) is 43.4 Å². The van der Waals surface area contributed by atoms with Gasteiger partial charge in [-0.1, -0.05) is 173 Å². The Balaban J connectivity index is -0.000000816. The molecule has 6 aliphatic carbocycles. The van der Waals surface area contributed by atoms with Crippen molar-refractivity contribution in [3.05, 3.63) is 144 Å². The molecule has 0 N–H and O–H groups in total. The maximum absolute atomic E-state index is 8.28. The fourth-order valence-electron chi connectivity index (χ4n) is 12.7. The Morgan fingerprint density at radius 2 is 0.891 bits per heavy atom. The summed E-state index contributed by atoms with van der Waals surface area (Å²) < 4.78 is 0. The maximum Gasteiger partial charge on any atom is 4.00 e. The van der Waals surface area contributed by atoms with Gasteiger partial charge >= 0.3 is 43.4 Å². The van der Waals surface area contributed by atoms with Crippen LogP contribution >= 0.6 is 0 Å². The second-order valence-corrected chi connectivity index (χ2v) is 26.6. The summed E-state index contributed by atoms with van der Waals surface area (Å²) in [6.45, 7) is 23.1. The average molecular weight is 974 g/mol. The van der Waals surface area contributed by atoms with Crippen LogP contribution in [0.2, 0.25) is 37.3 Å². The molecule has 6 aliphatic rings. The minimum Gasteiger partial charge on any atom is -0.811 e. The van der Waals surface area contributed by atoms with Gasteiger partial charge in [-0.15, -0.1) is 0 Å². The maximum atomic E-state index is 8.28. The molecule has 0 spiro atoms. The van der Waals surface area contributed by atoms with Crippen molar-refractivity contribution in [1.29, 1.82) is 0 Å². The van der Waals surface area contributed by atoms with E-state index >= 15 is 0 Å². The fraction of sp³-hybridized carbons (Fsp3) is 0.603. The van der Waals surface area contributed by atoms with E-state index in [4.69, 9.17) is 10.8 Å². The fourth-order valence-corrected chi connectivity index (χ4v) is 17.2. The van der Waals surface area contributed by atoms with Crippen LogP contribution in [0.15, 0.2) is 85.5 Å². The molecule has 2 nitrogen and oxygen atoms in total. The van der Waals surface area contributed by atoms with E-state index in [1.54, 1.807) is 82.4 Å². The molecule has 12 unspecified atom stereocenters. The van der Waals surface area contributed by atoms with Crippen LogP contribution in [0.4, 0.5) is 0 Å². The van der Waals surface area contributed by atoms with Gasteiger partial charge in [-0.2, -0.15) is 31.2 Å². The van der Waals surface area contributed by atoms with Gasteiger partial charge < -0.3 is 40.5 Å². The zero-order valence-electron chi connectivity index (χ0n) is 43.7. The summed E-state index contributed by atoms with van der Waals surface area (Å²) in [7, 11) is -1.03. The first-order chi connectivity index (χ1) is 27.9. The summed E-state index contributed by atoms with van der Waals surface area (Å²) in [6, 6.07) is 23.0. The second-order valence-electron chi connectivity index (χ2n) is 20.0. The summed E-state index contributed by atoms with van der Waals surface area (Å²) in [4.78, 5) is 0. The normalized spacial score (nSPS) is 29.6. The van der Waals surface area contributed by atoms with Crippen molar-refractivity contribution in [3.8, 4) is 0 Å². The molecule has 0 amide bonds. The zero-order valence-corrected chi connectivity index (χ0v) is 49.1. The predicted octanol–water partition coefficient (Wildman–Crippen LogP) is 17.5. The van der Waals surface area contributed by atoms with Crippen molar-refractivity contribution in [2.75, 3.05) is 0 Å². The van der Waals surface area contributed by atoms with Crippen molar-refractivity contribution in [3.63, 3.8) is 0 Å². The molecule has 6 saturated carbocycles. The van der Waals surface area contributed by atoms with Gasteiger partial charge in [0, 0.05) is 17.6 Å². The Bertz CT molecular complexity index is 1420. The van der Waals surface area contributed by atoms with E-state index in [0.29, 0.717) is 11.4 Å². The van der Waals surface area contributed by atoms with Crippen LogP contribution in [0.5, 0.6) is 0 Å². The Labute approximate surface area is 433 Å². The molecule has 2 aromatic carbocycles. The molecule has 12 atom stereocenters. The van der Waals surface area contributed by atoms with Gasteiger partial charge in [0.1, 0.15) is 0 Å². The van der Waals surface area contributed by atoms with Crippen molar-refractivity contribution in [1.82, 2.24) is 0 Å². The van der Waals surface area contributed by atoms with Crippen LogP contribution < -0.4 is 0 Å². The van der Waals surface area contributed by atoms with Gasteiger partial charge in [-0.05, 0) is 120 Å². The topological polar surface area (TPSA) is 44.6 Å². The van der Waals surface area contributed by atoms with Gasteiger partial charge in [0.15, 0.2) is 0 Å². The number of hydrogen-bond donors (Lipinski definition) is 0. The monoisotopic (exact) mass is 974 g/mol. The molecule has 355 valence electrons. The summed E-state index contributed by atoms with van der Waals surface area (Å²) in [6.07, 6.45) is 27.7. The molecule has 6 fully saturated rings. The molecular formula is C58H97N2Si2Ti2. The SMILES string of the molecule is C=C[CH-]/C=C/C.CCC(C)=[N-].CCC(C)=[N-].C[SiH](C)C1CC(c2ccccc2)C2CC3CCCC3CC21.C[SiH](C)C1CC(c2ccccc2)C2CC3CCCC3CC21.[CH3-].[CH3-].[CH3-].[CH3-].[Ti+3].[Ti+4]. The predicted molar refractivity (Wildman–Crippen MR) is 291 cm³/mol. The van der Waals surface area contributed by atoms with Crippen LogP contribution in [-0.4, -0.2) is 29.0 Å². The molecule has 0 aliphatic heterocycles. The first-order valence-corrected chi connectivity index (χ1v) is 30.1. The third-order valence-corrected chi connectivity index (χ3v) is 20.8. The Hall–Kier alpha value is -1.01. The van der Waals surface area contributed by atoms with Gasteiger partial charge in [-0.25, -0.2) is 11.4 Å². The number of fused-ring (bicyclic) bond motifs is 4. The summed E-state index contributed by atoms with van der Waals surface area (Å²) in [5.74, 6) is 10.4. The van der Waals surface area contributed by atoms with E-state index in [1.807, 2.05) is 39.3 Å². The Kier molecular flexibility index (Phi) is 36.9. The number of hydrogen-bond acceptors (Lipinski definition) is 0. The average Bonchev–Trinajstić information content (AvgIpc) is 4.05. The molecule has 0 bridgehead atoms. The van der Waals surface area contributed by atoms with Crippen LogP contribution in [0.3, 0.4) is 0 Å². The summed E-state index contributed by atoms with van der Waals surface area (Å²) >= 11 is 0. The largest absolute Gasteiger partial charge is 4.00 e. The van der Waals surface area contributed by atoms with Gasteiger partial charge in [0.05, 0.1) is 0 Å².